The number of para-hydroxylation sites is 4. The highest BCUT2D eigenvalue weighted by Crippen LogP contribution is 2.46. The Balaban J connectivity index is 0.000000107. The lowest BCUT2D eigenvalue weighted by molar-refractivity contribution is 1.18. The average Bonchev–Trinajstić information content (AvgIpc) is 1.40. The van der Waals surface area contributed by atoms with E-state index in [4.69, 9.17) is 15.0 Å². The first-order valence-corrected chi connectivity index (χ1v) is 39.0. The van der Waals surface area contributed by atoms with Gasteiger partial charge in [0.05, 0.1) is 56.3 Å². The molecule has 0 fully saturated rings. The van der Waals surface area contributed by atoms with E-state index in [1.54, 1.807) is 6.20 Å². The van der Waals surface area contributed by atoms with Crippen molar-refractivity contribution in [2.75, 3.05) is 0 Å². The van der Waals surface area contributed by atoms with Crippen LogP contribution in [-0.2, 0) is 0 Å². The van der Waals surface area contributed by atoms with Gasteiger partial charge in [-0.3, -0.25) is 4.98 Å². The van der Waals surface area contributed by atoms with Crippen LogP contribution >= 0.6 is 0 Å². The summed E-state index contributed by atoms with van der Waals surface area (Å²) in [6.45, 7) is 0. The Labute approximate surface area is 662 Å². The van der Waals surface area contributed by atoms with E-state index in [9.17, 15) is 5.26 Å². The number of hydrogen-bond acceptors (Lipinski definition) is 5. The van der Waals surface area contributed by atoms with Crippen LogP contribution in [-0.4, -0.2) is 24.5 Å². The summed E-state index contributed by atoms with van der Waals surface area (Å²) in [5, 5.41) is 38.1. The molecule has 532 valence electrons. The largest absolute Gasteiger partial charge is 0.309 e. The molecule has 115 heavy (non-hydrogen) atoms. The molecule has 19 aromatic carbocycles. The van der Waals surface area contributed by atoms with E-state index >= 15 is 0 Å². The van der Waals surface area contributed by atoms with Gasteiger partial charge in [0.1, 0.15) is 0 Å². The fourth-order valence-corrected chi connectivity index (χ4v) is 18.0. The van der Waals surface area contributed by atoms with E-state index in [0.29, 0.717) is 5.56 Å². The molecular formula is C109H66N6. The minimum Gasteiger partial charge on any atom is -0.309 e. The third-order valence-corrected chi connectivity index (χ3v) is 23.3. The standard InChI is InChI=1S/C42H25N3.C39H23N.C28H18N2/c43-26-27-17-21-39-36(23-27)37-25-30(19-22-40(37)45(39)32-12-2-1-3-13-32)29-10-8-11-31(24-29)42-35-20-18-28-9-4-5-14-33(28)41(35)34-15-6-7-16-38(34)44-42;1-2-12-31-24(7-1)17-22-34-38(31)33-13-3-4-14-35(33)40-39(34)29-11-6-10-28(23-29)30-20-18-27-16-15-25-8-5-9-26-19-21-32(30)37(27)36(25)26;1-2-11-23-19(7-1)14-15-25-27(23)24-12-3-4-13-26(24)30-28(25)21-9-5-8-20(17-21)22-10-6-16-29-18-22/h1-25H;1-23H;1-18H. The van der Waals surface area contributed by atoms with Crippen LogP contribution in [0.3, 0.4) is 0 Å². The maximum Gasteiger partial charge on any atom is 0.0991 e. The van der Waals surface area contributed by atoms with Crippen molar-refractivity contribution in [3.63, 3.8) is 0 Å². The Morgan fingerprint density at radius 1 is 0.226 bits per heavy atom. The minimum absolute atomic E-state index is 0.656. The maximum absolute atomic E-state index is 9.70. The lowest BCUT2D eigenvalue weighted by Crippen LogP contribution is -1.93. The fraction of sp³-hybridized carbons (Fsp3) is 0. The zero-order valence-electron chi connectivity index (χ0n) is 62.3. The molecule has 0 bridgehead atoms. The molecule has 0 unspecified atom stereocenters. The Morgan fingerprint density at radius 2 is 0.609 bits per heavy atom. The zero-order valence-corrected chi connectivity index (χ0v) is 62.3. The van der Waals surface area contributed by atoms with Crippen molar-refractivity contribution >= 4 is 151 Å². The maximum atomic E-state index is 9.70. The van der Waals surface area contributed by atoms with Crippen LogP contribution in [0, 0.1) is 11.3 Å². The van der Waals surface area contributed by atoms with E-state index in [2.05, 4.69) is 380 Å². The summed E-state index contributed by atoms with van der Waals surface area (Å²) in [7, 11) is 0. The summed E-state index contributed by atoms with van der Waals surface area (Å²) in [5.41, 5.74) is 20.3. The molecule has 0 atom stereocenters. The van der Waals surface area contributed by atoms with Crippen LogP contribution in [0.2, 0.25) is 0 Å². The van der Waals surface area contributed by atoms with Crippen LogP contribution in [0.5, 0.6) is 0 Å². The van der Waals surface area contributed by atoms with Crippen LogP contribution in [0.1, 0.15) is 5.56 Å². The number of rotatable bonds is 7. The van der Waals surface area contributed by atoms with Gasteiger partial charge in [-0.2, -0.15) is 5.26 Å². The highest BCUT2D eigenvalue weighted by molar-refractivity contribution is 6.28. The van der Waals surface area contributed by atoms with Gasteiger partial charge >= 0.3 is 0 Å². The van der Waals surface area contributed by atoms with Gasteiger partial charge < -0.3 is 4.57 Å². The average molecular weight is 1460 g/mol. The van der Waals surface area contributed by atoms with Gasteiger partial charge in [-0.15, -0.1) is 0 Å². The molecular weight excluding hydrogens is 1390 g/mol. The molecule has 5 aromatic heterocycles. The van der Waals surface area contributed by atoms with E-state index in [-0.39, 0.29) is 0 Å². The van der Waals surface area contributed by atoms with Crippen molar-refractivity contribution in [2.45, 2.75) is 0 Å². The molecule has 0 amide bonds. The van der Waals surface area contributed by atoms with E-state index in [0.717, 1.165) is 105 Å². The molecule has 0 saturated carbocycles. The van der Waals surface area contributed by atoms with Crippen molar-refractivity contribution in [2.24, 2.45) is 0 Å². The van der Waals surface area contributed by atoms with Crippen LogP contribution in [0.25, 0.3) is 224 Å². The number of benzene rings is 19. The van der Waals surface area contributed by atoms with Crippen molar-refractivity contribution in [1.29, 1.82) is 5.26 Å². The molecule has 5 heterocycles. The van der Waals surface area contributed by atoms with Crippen LogP contribution in [0.15, 0.2) is 401 Å². The Hall–Kier alpha value is -15.6. The molecule has 0 radical (unpaired) electrons. The first kappa shape index (κ1) is 66.4. The van der Waals surface area contributed by atoms with E-state index in [1.807, 2.05) is 30.5 Å². The van der Waals surface area contributed by atoms with Crippen LogP contribution in [0.4, 0.5) is 0 Å². The summed E-state index contributed by atoms with van der Waals surface area (Å²) < 4.78 is 2.28. The molecule has 0 saturated heterocycles. The topological polar surface area (TPSA) is 80.3 Å². The molecule has 0 spiro atoms. The lowest BCUT2D eigenvalue weighted by Gasteiger charge is -2.15. The van der Waals surface area contributed by atoms with Gasteiger partial charge in [0.25, 0.3) is 0 Å². The van der Waals surface area contributed by atoms with Gasteiger partial charge in [0, 0.05) is 99.6 Å². The second-order valence-electron chi connectivity index (χ2n) is 29.8. The van der Waals surface area contributed by atoms with Crippen molar-refractivity contribution in [3.8, 4) is 78.9 Å². The first-order chi connectivity index (χ1) is 57.0. The smallest absolute Gasteiger partial charge is 0.0991 e. The number of fused-ring (bicyclic) bond motifs is 18. The third kappa shape index (κ3) is 11.3. The Kier molecular flexibility index (Phi) is 15.9. The van der Waals surface area contributed by atoms with Crippen molar-refractivity contribution < 1.29 is 0 Å². The van der Waals surface area contributed by atoms with Crippen molar-refractivity contribution in [1.82, 2.24) is 24.5 Å². The molecule has 0 aliphatic heterocycles. The Bertz CT molecular complexity index is 8060. The molecule has 0 N–H and O–H groups in total. The fourth-order valence-electron chi connectivity index (χ4n) is 18.0. The summed E-state index contributed by atoms with van der Waals surface area (Å²) in [4.78, 5) is 19.8. The summed E-state index contributed by atoms with van der Waals surface area (Å²) in [5.74, 6) is 0. The lowest BCUT2D eigenvalue weighted by atomic mass is 9.89. The number of aromatic nitrogens is 5. The van der Waals surface area contributed by atoms with Gasteiger partial charge in [-0.1, -0.05) is 303 Å². The highest BCUT2D eigenvalue weighted by Gasteiger charge is 2.21. The van der Waals surface area contributed by atoms with E-state index in [1.165, 1.54) is 119 Å². The Morgan fingerprint density at radius 3 is 1.13 bits per heavy atom. The molecule has 24 rings (SSSR count). The predicted octanol–water partition coefficient (Wildman–Crippen LogP) is 28.9. The van der Waals surface area contributed by atoms with Gasteiger partial charge in [0.15, 0.2) is 0 Å². The SMILES string of the molecule is N#Cc1ccc2c(c1)c1cc(-c3cccc(-c4nc5ccccc5c5c4ccc4ccccc45)c3)ccc1n2-c1ccccc1.c1cc(-c2nc3ccccc3c3c2ccc2ccccc23)cc(-c2ccc3ccc4cccc5ccc2c3c45)c1.c1cncc(-c2cccc(-c3nc4ccccc4c4c3ccc3ccccc34)c2)c1. The van der Waals surface area contributed by atoms with Gasteiger partial charge in [0.2, 0.25) is 0 Å². The van der Waals surface area contributed by atoms with Crippen LogP contribution < -0.4 is 0 Å². The normalized spacial score (nSPS) is 11.6. The van der Waals surface area contributed by atoms with Gasteiger partial charge in [-0.05, 0) is 177 Å². The molecule has 6 nitrogen and oxygen atoms in total. The predicted molar refractivity (Wildman–Crippen MR) is 483 cm³/mol. The molecule has 0 aliphatic carbocycles. The second-order valence-corrected chi connectivity index (χ2v) is 29.8. The minimum atomic E-state index is 0.656. The molecule has 6 heteroatoms. The number of pyridine rings is 4. The van der Waals surface area contributed by atoms with Crippen molar-refractivity contribution in [3.05, 3.63) is 406 Å². The molecule has 24 aromatic rings. The monoisotopic (exact) mass is 1460 g/mol. The summed E-state index contributed by atoms with van der Waals surface area (Å²) in [6.07, 6.45) is 3.70. The first-order valence-electron chi connectivity index (χ1n) is 39.0. The zero-order chi connectivity index (χ0) is 76.0. The number of nitriles is 1. The van der Waals surface area contributed by atoms with E-state index < -0.39 is 0 Å². The summed E-state index contributed by atoms with van der Waals surface area (Å²) >= 11 is 0. The second kappa shape index (κ2) is 27.5. The quantitative estimate of drug-likeness (QED) is 0.149. The molecule has 0 aliphatic rings. The highest BCUT2D eigenvalue weighted by atomic mass is 15.0. The van der Waals surface area contributed by atoms with Gasteiger partial charge in [-0.25, -0.2) is 15.0 Å². The number of nitrogens with zero attached hydrogens (tertiary/aromatic N) is 6. The third-order valence-electron chi connectivity index (χ3n) is 23.3. The summed E-state index contributed by atoms with van der Waals surface area (Å²) in [6, 6.07) is 140. The number of hydrogen-bond donors (Lipinski definition) is 0.